The Morgan fingerprint density at radius 1 is 1.42 bits per heavy atom. The van der Waals surface area contributed by atoms with Gasteiger partial charge in [0.2, 0.25) is 5.91 Å². The summed E-state index contributed by atoms with van der Waals surface area (Å²) in [5, 5.41) is 3.03. The number of amides is 2. The Bertz CT molecular complexity index is 477. The predicted octanol–water partition coefficient (Wildman–Crippen LogP) is 1.52. The third-order valence-electron chi connectivity index (χ3n) is 2.58. The van der Waals surface area contributed by atoms with Crippen molar-refractivity contribution in [3.8, 4) is 0 Å². The number of nitrogens with two attached hydrogens (primary N) is 1. The van der Waals surface area contributed by atoms with Crippen molar-refractivity contribution in [1.29, 1.82) is 0 Å². The van der Waals surface area contributed by atoms with Crippen molar-refractivity contribution in [3.63, 3.8) is 0 Å². The van der Waals surface area contributed by atoms with Gasteiger partial charge in [0.05, 0.1) is 22.8 Å². The van der Waals surface area contributed by atoms with Crippen LogP contribution in [0.5, 0.6) is 0 Å². The summed E-state index contributed by atoms with van der Waals surface area (Å²) in [5.41, 5.74) is 6.29. The normalized spacial score (nSPS) is 10.1. The van der Waals surface area contributed by atoms with Crippen LogP contribution in [-0.2, 0) is 4.79 Å². The molecule has 0 bridgehead atoms. The molecule has 0 atom stereocenters. The highest BCUT2D eigenvalue weighted by atomic mass is 35.5. The Labute approximate surface area is 117 Å². The number of carbonyl (C=O) groups is 2. The van der Waals surface area contributed by atoms with Crippen LogP contribution in [0.2, 0.25) is 5.02 Å². The van der Waals surface area contributed by atoms with Crippen molar-refractivity contribution in [1.82, 2.24) is 10.2 Å². The van der Waals surface area contributed by atoms with Crippen LogP contribution in [0.15, 0.2) is 18.2 Å². The van der Waals surface area contributed by atoms with E-state index in [1.165, 1.54) is 4.90 Å². The summed E-state index contributed by atoms with van der Waals surface area (Å²) in [5.74, 6) is -0.523. The first-order chi connectivity index (χ1) is 8.97. The smallest absolute Gasteiger partial charge is 0.256 e. The summed E-state index contributed by atoms with van der Waals surface area (Å²) < 4.78 is 0. The molecule has 0 aliphatic rings. The maximum absolute atomic E-state index is 12.1. The molecule has 0 saturated carbocycles. The number of nitrogens with one attached hydrogen (secondary N) is 1. The maximum atomic E-state index is 12.1. The van der Waals surface area contributed by atoms with Crippen molar-refractivity contribution < 1.29 is 9.59 Å². The zero-order valence-electron chi connectivity index (χ0n) is 11.1. The third kappa shape index (κ3) is 4.13. The SMILES string of the molecule is CCCNC(=O)CN(C)C(=O)c1cccc(Cl)c1N. The van der Waals surface area contributed by atoms with Crippen LogP contribution in [0, 0.1) is 0 Å². The van der Waals surface area contributed by atoms with Gasteiger partial charge in [-0.25, -0.2) is 0 Å². The number of anilines is 1. The monoisotopic (exact) mass is 283 g/mol. The minimum atomic E-state index is -0.327. The molecule has 3 N–H and O–H groups in total. The molecular formula is C13H18ClN3O2. The number of likely N-dealkylation sites (N-methyl/N-ethyl adjacent to an activating group) is 1. The van der Waals surface area contributed by atoms with Crippen molar-refractivity contribution >= 4 is 29.1 Å². The topological polar surface area (TPSA) is 75.4 Å². The summed E-state index contributed by atoms with van der Waals surface area (Å²) >= 11 is 5.86. The molecule has 5 nitrogen and oxygen atoms in total. The van der Waals surface area contributed by atoms with Crippen molar-refractivity contribution in [3.05, 3.63) is 28.8 Å². The maximum Gasteiger partial charge on any atom is 0.256 e. The van der Waals surface area contributed by atoms with E-state index in [2.05, 4.69) is 5.32 Å². The molecule has 19 heavy (non-hydrogen) atoms. The third-order valence-corrected chi connectivity index (χ3v) is 2.91. The molecule has 0 aromatic heterocycles. The molecule has 0 spiro atoms. The van der Waals surface area contributed by atoms with Gasteiger partial charge in [-0.15, -0.1) is 0 Å². The number of rotatable bonds is 5. The minimum Gasteiger partial charge on any atom is -0.397 e. The van der Waals surface area contributed by atoms with E-state index in [1.807, 2.05) is 6.92 Å². The molecule has 0 unspecified atom stereocenters. The first kappa shape index (κ1) is 15.3. The lowest BCUT2D eigenvalue weighted by Gasteiger charge is -2.18. The highest BCUT2D eigenvalue weighted by Crippen LogP contribution is 2.23. The van der Waals surface area contributed by atoms with Gasteiger partial charge < -0.3 is 16.0 Å². The zero-order chi connectivity index (χ0) is 14.4. The van der Waals surface area contributed by atoms with E-state index in [1.54, 1.807) is 25.2 Å². The Kier molecular flexibility index (Phi) is 5.63. The molecule has 0 saturated heterocycles. The second-order valence-corrected chi connectivity index (χ2v) is 4.62. The fourth-order valence-electron chi connectivity index (χ4n) is 1.54. The molecule has 1 aromatic rings. The number of para-hydroxylation sites is 1. The van der Waals surface area contributed by atoms with E-state index in [9.17, 15) is 9.59 Å². The Balaban J connectivity index is 2.72. The average Bonchev–Trinajstić information content (AvgIpc) is 2.38. The van der Waals surface area contributed by atoms with Crippen LogP contribution in [0.4, 0.5) is 5.69 Å². The number of nitrogens with zero attached hydrogens (tertiary/aromatic N) is 1. The second-order valence-electron chi connectivity index (χ2n) is 4.21. The molecule has 0 aliphatic carbocycles. The molecule has 0 radical (unpaired) electrons. The molecule has 0 fully saturated rings. The number of nitrogen functional groups attached to an aromatic ring is 1. The Morgan fingerprint density at radius 3 is 2.74 bits per heavy atom. The molecular weight excluding hydrogens is 266 g/mol. The van der Waals surface area contributed by atoms with Gasteiger partial charge in [0, 0.05) is 13.6 Å². The van der Waals surface area contributed by atoms with Crippen molar-refractivity contribution in [2.75, 3.05) is 25.9 Å². The zero-order valence-corrected chi connectivity index (χ0v) is 11.8. The van der Waals surface area contributed by atoms with Crippen LogP contribution in [-0.4, -0.2) is 36.9 Å². The highest BCUT2D eigenvalue weighted by molar-refractivity contribution is 6.33. The van der Waals surface area contributed by atoms with E-state index in [-0.39, 0.29) is 24.0 Å². The molecule has 0 heterocycles. The lowest BCUT2D eigenvalue weighted by molar-refractivity contribution is -0.121. The van der Waals surface area contributed by atoms with Gasteiger partial charge in [0.25, 0.3) is 5.91 Å². The van der Waals surface area contributed by atoms with Crippen molar-refractivity contribution in [2.45, 2.75) is 13.3 Å². The fourth-order valence-corrected chi connectivity index (χ4v) is 1.71. The van der Waals surface area contributed by atoms with Gasteiger partial charge in [0.1, 0.15) is 0 Å². The lowest BCUT2D eigenvalue weighted by Crippen LogP contribution is -2.38. The summed E-state index contributed by atoms with van der Waals surface area (Å²) in [7, 11) is 1.55. The highest BCUT2D eigenvalue weighted by Gasteiger charge is 2.17. The summed E-state index contributed by atoms with van der Waals surface area (Å²) in [6, 6.07) is 4.85. The predicted molar refractivity (Wildman–Crippen MR) is 76.1 cm³/mol. The fraction of sp³-hybridized carbons (Fsp3) is 0.385. The molecule has 1 aromatic carbocycles. The standard InChI is InChI=1S/C13H18ClN3O2/c1-3-7-16-11(18)8-17(2)13(19)9-5-4-6-10(14)12(9)15/h4-6H,3,7-8,15H2,1-2H3,(H,16,18). The molecule has 6 heteroatoms. The summed E-state index contributed by atoms with van der Waals surface area (Å²) in [4.78, 5) is 25.0. The van der Waals surface area contributed by atoms with Gasteiger partial charge >= 0.3 is 0 Å². The van der Waals surface area contributed by atoms with Crippen LogP contribution in [0.25, 0.3) is 0 Å². The van der Waals surface area contributed by atoms with Crippen LogP contribution >= 0.6 is 11.6 Å². The Morgan fingerprint density at radius 2 is 2.11 bits per heavy atom. The lowest BCUT2D eigenvalue weighted by atomic mass is 10.1. The van der Waals surface area contributed by atoms with E-state index >= 15 is 0 Å². The largest absolute Gasteiger partial charge is 0.397 e. The van der Waals surface area contributed by atoms with E-state index < -0.39 is 0 Å². The van der Waals surface area contributed by atoms with Crippen molar-refractivity contribution in [2.24, 2.45) is 0 Å². The average molecular weight is 284 g/mol. The number of carbonyl (C=O) groups excluding carboxylic acids is 2. The van der Waals surface area contributed by atoms with Crippen LogP contribution < -0.4 is 11.1 Å². The number of hydrogen-bond acceptors (Lipinski definition) is 3. The Hall–Kier alpha value is -1.75. The van der Waals surface area contributed by atoms with Gasteiger partial charge in [-0.05, 0) is 18.6 Å². The van der Waals surface area contributed by atoms with E-state index in [0.717, 1.165) is 6.42 Å². The van der Waals surface area contributed by atoms with E-state index in [4.69, 9.17) is 17.3 Å². The van der Waals surface area contributed by atoms with Gasteiger partial charge in [-0.1, -0.05) is 24.6 Å². The van der Waals surface area contributed by atoms with Gasteiger partial charge in [0.15, 0.2) is 0 Å². The minimum absolute atomic E-state index is 0.00914. The first-order valence-electron chi connectivity index (χ1n) is 6.03. The molecule has 0 aliphatic heterocycles. The van der Waals surface area contributed by atoms with E-state index in [0.29, 0.717) is 17.1 Å². The molecule has 104 valence electrons. The first-order valence-corrected chi connectivity index (χ1v) is 6.41. The number of halogens is 1. The quantitative estimate of drug-likeness (QED) is 0.805. The van der Waals surface area contributed by atoms with Crippen LogP contribution in [0.1, 0.15) is 23.7 Å². The van der Waals surface area contributed by atoms with Gasteiger partial charge in [-0.3, -0.25) is 9.59 Å². The second kappa shape index (κ2) is 6.99. The summed E-state index contributed by atoms with van der Waals surface area (Å²) in [6.07, 6.45) is 0.852. The molecule has 2 amide bonds. The number of benzene rings is 1. The van der Waals surface area contributed by atoms with Crippen LogP contribution in [0.3, 0.4) is 0 Å². The van der Waals surface area contributed by atoms with Gasteiger partial charge in [-0.2, -0.15) is 0 Å². The molecule has 1 rings (SSSR count). The number of hydrogen-bond donors (Lipinski definition) is 2. The summed E-state index contributed by atoms with van der Waals surface area (Å²) in [6.45, 7) is 2.55.